The van der Waals surface area contributed by atoms with E-state index in [1.165, 1.54) is 22.1 Å². The van der Waals surface area contributed by atoms with Crippen LogP contribution in [0.15, 0.2) is 78.9 Å². The molecule has 0 unspecified atom stereocenters. The highest BCUT2D eigenvalue weighted by Gasteiger charge is 2.41. The summed E-state index contributed by atoms with van der Waals surface area (Å²) in [6, 6.07) is 27.0. The predicted octanol–water partition coefficient (Wildman–Crippen LogP) is 6.80. The molecule has 2 heterocycles. The third-order valence-electron chi connectivity index (χ3n) is 7.16. The second-order valence-corrected chi connectivity index (χ2v) is 11.9. The molecule has 0 radical (unpaired) electrons. The van der Waals surface area contributed by atoms with E-state index >= 15 is 0 Å². The van der Waals surface area contributed by atoms with Gasteiger partial charge < -0.3 is 14.2 Å². The average molecular weight is 474 g/mol. The number of hydrogen-bond acceptors (Lipinski definition) is 3. The molecule has 0 fully saturated rings. The first-order chi connectivity index (χ1) is 17.1. The van der Waals surface area contributed by atoms with Crippen molar-refractivity contribution in [3.8, 4) is 34.5 Å². The summed E-state index contributed by atoms with van der Waals surface area (Å²) in [4.78, 5) is 0. The summed E-state index contributed by atoms with van der Waals surface area (Å²) in [6.07, 6.45) is 0. The van der Waals surface area contributed by atoms with Crippen molar-refractivity contribution in [3.63, 3.8) is 0 Å². The SMILES string of the molecule is CC(C)(C)c1ccc2c(c1)B1c3cc(C(C)(C)C)ccc3Oc3cc(Oc4ccccc4)cc(c31)O2. The van der Waals surface area contributed by atoms with Crippen LogP contribution in [0.5, 0.6) is 34.5 Å². The molecule has 0 aliphatic carbocycles. The van der Waals surface area contributed by atoms with Crippen LogP contribution in [0.25, 0.3) is 0 Å². The summed E-state index contributed by atoms with van der Waals surface area (Å²) >= 11 is 0. The van der Waals surface area contributed by atoms with E-state index in [1.54, 1.807) is 0 Å². The van der Waals surface area contributed by atoms with E-state index in [1.807, 2.05) is 42.5 Å². The zero-order valence-corrected chi connectivity index (χ0v) is 21.8. The fourth-order valence-electron chi connectivity index (χ4n) is 5.10. The summed E-state index contributed by atoms with van der Waals surface area (Å²) < 4.78 is 19.2. The number of hydrogen-bond donors (Lipinski definition) is 0. The maximum atomic E-state index is 6.52. The lowest BCUT2D eigenvalue weighted by molar-refractivity contribution is 0.442. The van der Waals surface area contributed by atoms with Gasteiger partial charge in [0, 0.05) is 17.6 Å². The maximum absolute atomic E-state index is 6.52. The van der Waals surface area contributed by atoms with E-state index in [9.17, 15) is 0 Å². The van der Waals surface area contributed by atoms with Gasteiger partial charge in [0.15, 0.2) is 0 Å². The Labute approximate surface area is 214 Å². The molecular weight excluding hydrogens is 443 g/mol. The molecule has 0 bridgehead atoms. The van der Waals surface area contributed by atoms with Gasteiger partial charge in [-0.05, 0) is 57.1 Å². The van der Waals surface area contributed by atoms with Crippen LogP contribution in [0.4, 0.5) is 0 Å². The lowest BCUT2D eigenvalue weighted by atomic mass is 9.34. The Kier molecular flexibility index (Phi) is 5.02. The van der Waals surface area contributed by atoms with Gasteiger partial charge in [0.2, 0.25) is 0 Å². The highest BCUT2D eigenvalue weighted by atomic mass is 16.5. The van der Waals surface area contributed by atoms with Crippen molar-refractivity contribution < 1.29 is 14.2 Å². The van der Waals surface area contributed by atoms with Gasteiger partial charge in [-0.2, -0.15) is 0 Å². The standard InChI is InChI=1S/C32H31BO3/c1-31(2,3)20-12-14-26-24(16-20)33-25-17-21(32(4,5)6)13-15-27(25)36-29-19-23(18-28(35-26)30(29)33)34-22-10-8-7-9-11-22/h7-19H,1-6H3. The molecule has 0 saturated carbocycles. The zero-order chi connectivity index (χ0) is 25.2. The van der Waals surface area contributed by atoms with E-state index < -0.39 is 0 Å². The molecular formula is C32H31BO3. The number of fused-ring (bicyclic) bond motifs is 4. The largest absolute Gasteiger partial charge is 0.458 e. The highest BCUT2D eigenvalue weighted by molar-refractivity contribution is 6.98. The molecule has 0 N–H and O–H groups in total. The van der Waals surface area contributed by atoms with Gasteiger partial charge in [-0.1, -0.05) is 84.0 Å². The minimum Gasteiger partial charge on any atom is -0.458 e. The second kappa shape index (κ2) is 7.93. The third kappa shape index (κ3) is 3.85. The Morgan fingerprint density at radius 3 is 1.53 bits per heavy atom. The molecule has 0 aromatic heterocycles. The summed E-state index contributed by atoms with van der Waals surface area (Å²) in [5, 5.41) is 0. The molecule has 2 aliphatic rings. The van der Waals surface area contributed by atoms with Crippen LogP contribution in [0, 0.1) is 0 Å². The van der Waals surface area contributed by atoms with Crippen molar-refractivity contribution in [2.45, 2.75) is 52.4 Å². The second-order valence-electron chi connectivity index (χ2n) is 11.9. The van der Waals surface area contributed by atoms with E-state index in [-0.39, 0.29) is 17.5 Å². The fraction of sp³-hybridized carbons (Fsp3) is 0.250. The number of para-hydroxylation sites is 1. The van der Waals surface area contributed by atoms with Crippen molar-refractivity contribution in [1.82, 2.24) is 0 Å². The summed E-state index contributed by atoms with van der Waals surface area (Å²) in [5.74, 6) is 4.81. The Morgan fingerprint density at radius 1 is 0.556 bits per heavy atom. The summed E-state index contributed by atoms with van der Waals surface area (Å²) in [5.41, 5.74) is 6.08. The molecule has 0 saturated heterocycles. The molecule has 0 spiro atoms. The fourth-order valence-corrected chi connectivity index (χ4v) is 5.10. The quantitative estimate of drug-likeness (QED) is 0.258. The molecule has 180 valence electrons. The summed E-state index contributed by atoms with van der Waals surface area (Å²) in [7, 11) is 0. The topological polar surface area (TPSA) is 27.7 Å². The Bertz CT molecular complexity index is 1390. The molecule has 0 atom stereocenters. The lowest BCUT2D eigenvalue weighted by Crippen LogP contribution is -2.57. The maximum Gasteiger partial charge on any atom is 0.260 e. The number of rotatable bonds is 2. The van der Waals surface area contributed by atoms with Crippen molar-refractivity contribution in [3.05, 3.63) is 90.0 Å². The van der Waals surface area contributed by atoms with Gasteiger partial charge in [0.25, 0.3) is 6.71 Å². The van der Waals surface area contributed by atoms with Crippen LogP contribution in [-0.4, -0.2) is 6.71 Å². The first kappa shape index (κ1) is 22.8. The molecule has 4 aromatic carbocycles. The van der Waals surface area contributed by atoms with E-state index in [4.69, 9.17) is 14.2 Å². The number of ether oxygens (including phenoxy) is 3. The summed E-state index contributed by atoms with van der Waals surface area (Å²) in [6.45, 7) is 13.5. The normalized spacial score (nSPS) is 13.7. The smallest absolute Gasteiger partial charge is 0.260 e. The monoisotopic (exact) mass is 474 g/mol. The average Bonchev–Trinajstić information content (AvgIpc) is 2.82. The van der Waals surface area contributed by atoms with Gasteiger partial charge in [0.05, 0.1) is 0 Å². The molecule has 2 aliphatic heterocycles. The Balaban J connectivity index is 1.56. The first-order valence-corrected chi connectivity index (χ1v) is 12.6. The highest BCUT2D eigenvalue weighted by Crippen LogP contribution is 2.40. The first-order valence-electron chi connectivity index (χ1n) is 12.6. The Morgan fingerprint density at radius 2 is 1.06 bits per heavy atom. The minimum atomic E-state index is 0.0258. The van der Waals surface area contributed by atoms with Crippen LogP contribution in [0.1, 0.15) is 52.7 Å². The molecule has 36 heavy (non-hydrogen) atoms. The predicted molar refractivity (Wildman–Crippen MR) is 148 cm³/mol. The molecule has 4 heteroatoms. The van der Waals surface area contributed by atoms with Crippen molar-refractivity contribution in [2.24, 2.45) is 0 Å². The Hall–Kier alpha value is -3.66. The van der Waals surface area contributed by atoms with Gasteiger partial charge in [-0.25, -0.2) is 0 Å². The molecule has 6 rings (SSSR count). The van der Waals surface area contributed by atoms with Gasteiger partial charge in [0.1, 0.15) is 34.5 Å². The third-order valence-corrected chi connectivity index (χ3v) is 7.16. The van der Waals surface area contributed by atoms with Crippen molar-refractivity contribution in [2.75, 3.05) is 0 Å². The molecule has 0 amide bonds. The van der Waals surface area contributed by atoms with E-state index in [2.05, 4.69) is 77.9 Å². The van der Waals surface area contributed by atoms with E-state index in [0.717, 1.165) is 34.2 Å². The zero-order valence-electron chi connectivity index (χ0n) is 21.8. The van der Waals surface area contributed by atoms with Gasteiger partial charge in [-0.15, -0.1) is 0 Å². The van der Waals surface area contributed by atoms with Crippen LogP contribution in [0.2, 0.25) is 0 Å². The molecule has 3 nitrogen and oxygen atoms in total. The molecule has 4 aromatic rings. The van der Waals surface area contributed by atoms with Crippen LogP contribution in [-0.2, 0) is 10.8 Å². The van der Waals surface area contributed by atoms with Crippen LogP contribution in [0.3, 0.4) is 0 Å². The van der Waals surface area contributed by atoms with Crippen LogP contribution < -0.4 is 30.6 Å². The number of benzene rings is 4. The lowest BCUT2D eigenvalue weighted by Gasteiger charge is -2.35. The van der Waals surface area contributed by atoms with Gasteiger partial charge in [-0.3, -0.25) is 0 Å². The minimum absolute atomic E-state index is 0.0258. The van der Waals surface area contributed by atoms with Crippen molar-refractivity contribution in [1.29, 1.82) is 0 Å². The van der Waals surface area contributed by atoms with Gasteiger partial charge >= 0.3 is 0 Å². The van der Waals surface area contributed by atoms with E-state index in [0.29, 0.717) is 5.75 Å². The van der Waals surface area contributed by atoms with Crippen molar-refractivity contribution >= 4 is 23.1 Å². The van der Waals surface area contributed by atoms with Crippen LogP contribution >= 0.6 is 0 Å².